The minimum Gasteiger partial charge on any atom is -0.508 e. The zero-order chi connectivity index (χ0) is 21.8. The second kappa shape index (κ2) is 13.5. The van der Waals surface area contributed by atoms with Gasteiger partial charge in [-0.25, -0.2) is 0 Å². The van der Waals surface area contributed by atoms with Gasteiger partial charge in [0.05, 0.1) is 0 Å². The molecule has 1 heterocycles. The summed E-state index contributed by atoms with van der Waals surface area (Å²) in [6, 6.07) is 4.43. The molecule has 0 radical (unpaired) electrons. The summed E-state index contributed by atoms with van der Waals surface area (Å²) < 4.78 is 0. The molecule has 0 bridgehead atoms. The molecule has 0 aliphatic carbocycles. The van der Waals surface area contributed by atoms with Crippen LogP contribution < -0.4 is 0 Å². The van der Waals surface area contributed by atoms with Crippen LogP contribution in [-0.4, -0.2) is 38.9 Å². The van der Waals surface area contributed by atoms with Gasteiger partial charge in [0.2, 0.25) is 5.91 Å². The van der Waals surface area contributed by atoms with E-state index in [4.69, 9.17) is 0 Å². The number of hydrogen-bond acceptors (Lipinski definition) is 4. The molecule has 0 aromatic heterocycles. The Morgan fingerprint density at radius 1 is 0.900 bits per heavy atom. The van der Waals surface area contributed by atoms with E-state index in [0.29, 0.717) is 24.9 Å². The molecular weight excluding hydrogens is 378 g/mol. The number of nitrogens with zero attached hydrogens (tertiary/aromatic N) is 1. The third-order valence-electron chi connectivity index (χ3n) is 6.28. The summed E-state index contributed by atoms with van der Waals surface area (Å²) in [6.07, 6.45) is 15.3. The summed E-state index contributed by atoms with van der Waals surface area (Å²) in [4.78, 5) is 14.3. The van der Waals surface area contributed by atoms with E-state index >= 15 is 0 Å². The summed E-state index contributed by atoms with van der Waals surface area (Å²) in [6.45, 7) is 2.86. The number of aliphatic hydroxyl groups is 1. The molecule has 0 saturated carbocycles. The van der Waals surface area contributed by atoms with Crippen LogP contribution in [0.3, 0.4) is 0 Å². The lowest BCUT2D eigenvalue weighted by Crippen LogP contribution is -2.34. The number of hydrogen-bond donors (Lipinski definition) is 3. The van der Waals surface area contributed by atoms with Gasteiger partial charge in [0.1, 0.15) is 17.7 Å². The fourth-order valence-electron chi connectivity index (χ4n) is 4.41. The van der Waals surface area contributed by atoms with Crippen molar-refractivity contribution in [2.75, 3.05) is 6.54 Å². The molecule has 1 aliphatic heterocycles. The van der Waals surface area contributed by atoms with Crippen molar-refractivity contribution >= 4 is 5.91 Å². The van der Waals surface area contributed by atoms with E-state index in [1.54, 1.807) is 11.0 Å². The van der Waals surface area contributed by atoms with E-state index in [2.05, 4.69) is 6.92 Å². The van der Waals surface area contributed by atoms with Crippen LogP contribution >= 0.6 is 0 Å². The molecule has 1 aromatic rings. The Kier molecular flexibility index (Phi) is 11.1. The van der Waals surface area contributed by atoms with Crippen LogP contribution in [0, 0.1) is 5.92 Å². The topological polar surface area (TPSA) is 81.0 Å². The second-order valence-corrected chi connectivity index (χ2v) is 8.85. The van der Waals surface area contributed by atoms with Gasteiger partial charge in [-0.05, 0) is 24.5 Å². The van der Waals surface area contributed by atoms with Crippen LogP contribution in [0.15, 0.2) is 18.2 Å². The molecule has 1 amide bonds. The summed E-state index contributed by atoms with van der Waals surface area (Å²) >= 11 is 0. The fraction of sp³-hybridized carbons (Fsp3) is 0.720. The van der Waals surface area contributed by atoms with E-state index in [9.17, 15) is 20.1 Å². The zero-order valence-electron chi connectivity index (χ0n) is 18.7. The third-order valence-corrected chi connectivity index (χ3v) is 6.28. The predicted octanol–water partition coefficient (Wildman–Crippen LogP) is 5.51. The van der Waals surface area contributed by atoms with E-state index in [1.807, 2.05) is 0 Å². The van der Waals surface area contributed by atoms with Gasteiger partial charge >= 0.3 is 0 Å². The van der Waals surface area contributed by atoms with Crippen LogP contribution in [0.5, 0.6) is 11.5 Å². The standard InChI is InChI=1S/C25H41NO4/c1-2-3-4-5-6-7-8-9-10-11-12-13-16-26-24(29)18-21(25(26)30)17-20-14-15-22(27)19-23(20)28/h14-15,19,21,24,27-29H,2-13,16-18H2,1H3. The van der Waals surface area contributed by atoms with Gasteiger partial charge in [0.15, 0.2) is 0 Å². The van der Waals surface area contributed by atoms with Crippen molar-refractivity contribution in [2.45, 2.75) is 103 Å². The maximum atomic E-state index is 12.7. The Morgan fingerprint density at radius 3 is 2.03 bits per heavy atom. The van der Waals surface area contributed by atoms with Crippen molar-refractivity contribution in [2.24, 2.45) is 5.92 Å². The number of amides is 1. The van der Waals surface area contributed by atoms with E-state index in [1.165, 1.54) is 76.3 Å². The minimum atomic E-state index is -0.727. The number of likely N-dealkylation sites (tertiary alicyclic amines) is 1. The van der Waals surface area contributed by atoms with Crippen molar-refractivity contribution in [1.82, 2.24) is 4.90 Å². The SMILES string of the molecule is CCCCCCCCCCCCCCN1C(=O)C(Cc2ccc(O)cc2O)CC1O. The van der Waals surface area contributed by atoms with Crippen molar-refractivity contribution < 1.29 is 20.1 Å². The van der Waals surface area contributed by atoms with Crippen LogP contribution in [0.25, 0.3) is 0 Å². The molecule has 2 rings (SSSR count). The molecule has 5 heteroatoms. The maximum Gasteiger partial charge on any atom is 0.228 e. The van der Waals surface area contributed by atoms with Crippen LogP contribution in [0.4, 0.5) is 0 Å². The highest BCUT2D eigenvalue weighted by Crippen LogP contribution is 2.31. The van der Waals surface area contributed by atoms with E-state index in [0.717, 1.165) is 12.8 Å². The highest BCUT2D eigenvalue weighted by atomic mass is 16.3. The Bertz CT molecular complexity index is 634. The molecule has 30 heavy (non-hydrogen) atoms. The molecule has 1 aromatic carbocycles. The fourth-order valence-corrected chi connectivity index (χ4v) is 4.41. The Morgan fingerprint density at radius 2 is 1.47 bits per heavy atom. The van der Waals surface area contributed by atoms with Crippen molar-refractivity contribution in [1.29, 1.82) is 0 Å². The Hall–Kier alpha value is -1.75. The lowest BCUT2D eigenvalue weighted by molar-refractivity contribution is -0.135. The van der Waals surface area contributed by atoms with Gasteiger partial charge < -0.3 is 20.2 Å². The minimum absolute atomic E-state index is 0.00244. The average molecular weight is 420 g/mol. The number of aliphatic hydroxyl groups excluding tert-OH is 1. The molecule has 170 valence electrons. The molecule has 1 saturated heterocycles. The number of unbranched alkanes of at least 4 members (excludes halogenated alkanes) is 11. The van der Waals surface area contributed by atoms with Crippen molar-refractivity contribution in [3.8, 4) is 11.5 Å². The van der Waals surface area contributed by atoms with Crippen LogP contribution in [0.1, 0.15) is 96.0 Å². The van der Waals surface area contributed by atoms with E-state index in [-0.39, 0.29) is 23.3 Å². The monoisotopic (exact) mass is 419 g/mol. The molecule has 2 unspecified atom stereocenters. The number of phenols is 2. The van der Waals surface area contributed by atoms with Gasteiger partial charge in [0, 0.05) is 24.9 Å². The quantitative estimate of drug-likeness (QED) is 0.328. The van der Waals surface area contributed by atoms with E-state index < -0.39 is 6.23 Å². The number of carbonyl (C=O) groups is 1. The molecule has 0 spiro atoms. The molecular formula is C25H41NO4. The Labute approximate surface area is 182 Å². The number of carbonyl (C=O) groups excluding carboxylic acids is 1. The normalized spacial score (nSPS) is 19.0. The molecule has 5 nitrogen and oxygen atoms in total. The lowest BCUT2D eigenvalue weighted by Gasteiger charge is -2.20. The lowest BCUT2D eigenvalue weighted by atomic mass is 9.97. The second-order valence-electron chi connectivity index (χ2n) is 8.85. The van der Waals surface area contributed by atoms with Gasteiger partial charge in [-0.15, -0.1) is 0 Å². The molecule has 1 fully saturated rings. The van der Waals surface area contributed by atoms with Crippen molar-refractivity contribution in [3.63, 3.8) is 0 Å². The first-order valence-electron chi connectivity index (χ1n) is 12.0. The first-order chi connectivity index (χ1) is 14.5. The van der Waals surface area contributed by atoms with Gasteiger partial charge in [-0.1, -0.05) is 83.6 Å². The smallest absolute Gasteiger partial charge is 0.228 e. The first-order valence-corrected chi connectivity index (χ1v) is 12.0. The van der Waals surface area contributed by atoms with Gasteiger partial charge in [-0.3, -0.25) is 4.79 Å². The zero-order valence-corrected chi connectivity index (χ0v) is 18.7. The highest BCUT2D eigenvalue weighted by molar-refractivity contribution is 5.81. The van der Waals surface area contributed by atoms with Gasteiger partial charge in [0.25, 0.3) is 0 Å². The summed E-state index contributed by atoms with van der Waals surface area (Å²) in [7, 11) is 0. The van der Waals surface area contributed by atoms with Crippen LogP contribution in [-0.2, 0) is 11.2 Å². The highest BCUT2D eigenvalue weighted by Gasteiger charge is 2.38. The first kappa shape index (κ1) is 24.5. The average Bonchev–Trinajstić information content (AvgIpc) is 2.98. The summed E-state index contributed by atoms with van der Waals surface area (Å²) in [5, 5.41) is 29.6. The maximum absolute atomic E-state index is 12.7. The number of phenolic OH excluding ortho intramolecular Hbond substituents is 2. The Balaban J connectivity index is 1.57. The third kappa shape index (κ3) is 8.17. The number of rotatable bonds is 15. The van der Waals surface area contributed by atoms with Gasteiger partial charge in [-0.2, -0.15) is 0 Å². The van der Waals surface area contributed by atoms with Crippen molar-refractivity contribution in [3.05, 3.63) is 23.8 Å². The summed E-state index contributed by atoms with van der Waals surface area (Å²) in [5.74, 6) is -0.342. The number of benzene rings is 1. The summed E-state index contributed by atoms with van der Waals surface area (Å²) in [5.41, 5.74) is 0.630. The number of aromatic hydroxyl groups is 2. The van der Waals surface area contributed by atoms with Crippen LogP contribution in [0.2, 0.25) is 0 Å². The molecule has 2 atom stereocenters. The predicted molar refractivity (Wildman–Crippen MR) is 120 cm³/mol. The largest absolute Gasteiger partial charge is 0.508 e. The molecule has 3 N–H and O–H groups in total. The molecule has 1 aliphatic rings.